The summed E-state index contributed by atoms with van der Waals surface area (Å²) in [5.41, 5.74) is -0.280. The summed E-state index contributed by atoms with van der Waals surface area (Å²) in [4.78, 5) is 14.3. The van der Waals surface area contributed by atoms with Crippen molar-refractivity contribution < 1.29 is 13.2 Å². The molecular weight excluding hydrogens is 266 g/mol. The van der Waals surface area contributed by atoms with E-state index >= 15 is 0 Å². The molecule has 0 aromatic heterocycles. The maximum absolute atomic E-state index is 12.3. The minimum Gasteiger partial charge on any atom is -0.211 e. The average Bonchev–Trinajstić information content (AvgIpc) is 2.52. The monoisotopic (exact) mass is 289 g/mol. The molecule has 0 aliphatic carbocycles. The number of hydrogen-bond donors (Lipinski definition) is 0. The fraction of sp³-hybridized carbons (Fsp3) is 0.917. The van der Waals surface area contributed by atoms with Gasteiger partial charge >= 0.3 is 0 Å². The standard InChI is InChI=1S/C12H23N3O3S/c1-10(2)15-7-6-14(19(15,17)18)8-11(13-9-16)12(3,4)5/h10-11H,6-8H2,1-5H3/t11-/m1/s1. The van der Waals surface area contributed by atoms with E-state index in [4.69, 9.17) is 0 Å². The quantitative estimate of drug-likeness (QED) is 0.573. The number of aliphatic imine (C=N–C) groups is 1. The predicted octanol–water partition coefficient (Wildman–Crippen LogP) is 1.01. The minimum absolute atomic E-state index is 0.0577. The molecule has 0 aromatic rings. The van der Waals surface area contributed by atoms with Crippen molar-refractivity contribution in [2.24, 2.45) is 10.4 Å². The van der Waals surface area contributed by atoms with E-state index in [-0.39, 0.29) is 24.0 Å². The lowest BCUT2D eigenvalue weighted by molar-refractivity contribution is 0.274. The number of carbonyl (C=O) groups excluding carboxylic acids is 1. The van der Waals surface area contributed by atoms with Crippen LogP contribution in [0.4, 0.5) is 0 Å². The Morgan fingerprint density at radius 3 is 2.21 bits per heavy atom. The Bertz CT molecular complexity index is 461. The van der Waals surface area contributed by atoms with E-state index in [1.165, 1.54) is 8.61 Å². The van der Waals surface area contributed by atoms with Crippen LogP contribution in [-0.4, -0.2) is 54.8 Å². The molecule has 1 rings (SSSR count). The molecule has 1 heterocycles. The van der Waals surface area contributed by atoms with Gasteiger partial charge in [-0.25, -0.2) is 9.79 Å². The molecule has 0 amide bonds. The van der Waals surface area contributed by atoms with Gasteiger partial charge in [-0.15, -0.1) is 0 Å². The first kappa shape index (κ1) is 16.3. The molecular formula is C12H23N3O3S. The fourth-order valence-corrected chi connectivity index (χ4v) is 3.85. The summed E-state index contributed by atoms with van der Waals surface area (Å²) in [6.45, 7) is 10.7. The van der Waals surface area contributed by atoms with Crippen molar-refractivity contribution in [3.8, 4) is 0 Å². The Kier molecular flexibility index (Phi) is 4.90. The van der Waals surface area contributed by atoms with Crippen molar-refractivity contribution in [3.05, 3.63) is 0 Å². The normalized spacial score (nSPS) is 22.4. The van der Waals surface area contributed by atoms with Gasteiger partial charge < -0.3 is 0 Å². The van der Waals surface area contributed by atoms with E-state index in [0.717, 1.165) is 0 Å². The highest BCUT2D eigenvalue weighted by atomic mass is 32.2. The van der Waals surface area contributed by atoms with Gasteiger partial charge in [0, 0.05) is 25.7 Å². The summed E-state index contributed by atoms with van der Waals surface area (Å²) in [5, 5.41) is 0. The summed E-state index contributed by atoms with van der Waals surface area (Å²) in [7, 11) is -3.42. The second-order valence-electron chi connectivity index (χ2n) is 6.17. The summed E-state index contributed by atoms with van der Waals surface area (Å²) < 4.78 is 27.5. The first-order chi connectivity index (χ1) is 8.60. The molecule has 0 radical (unpaired) electrons. The van der Waals surface area contributed by atoms with Crippen LogP contribution in [0.5, 0.6) is 0 Å². The van der Waals surface area contributed by atoms with Crippen LogP contribution in [0, 0.1) is 5.41 Å². The van der Waals surface area contributed by atoms with Gasteiger partial charge in [0.15, 0.2) is 0 Å². The Balaban J connectivity index is 2.91. The van der Waals surface area contributed by atoms with E-state index in [0.29, 0.717) is 13.1 Å². The van der Waals surface area contributed by atoms with Crippen LogP contribution < -0.4 is 0 Å². The third-order valence-corrected chi connectivity index (χ3v) is 5.53. The van der Waals surface area contributed by atoms with Crippen LogP contribution >= 0.6 is 0 Å². The Morgan fingerprint density at radius 2 is 1.84 bits per heavy atom. The largest absolute Gasteiger partial charge is 0.282 e. The highest BCUT2D eigenvalue weighted by Crippen LogP contribution is 2.26. The Labute approximate surface area is 115 Å². The van der Waals surface area contributed by atoms with Gasteiger partial charge in [-0.05, 0) is 19.3 Å². The van der Waals surface area contributed by atoms with E-state index in [1.807, 2.05) is 34.6 Å². The summed E-state index contributed by atoms with van der Waals surface area (Å²) in [6.07, 6.45) is 1.55. The van der Waals surface area contributed by atoms with E-state index in [9.17, 15) is 13.2 Å². The molecule has 0 saturated carbocycles. The van der Waals surface area contributed by atoms with Gasteiger partial charge in [-0.2, -0.15) is 17.0 Å². The maximum Gasteiger partial charge on any atom is 0.282 e. The van der Waals surface area contributed by atoms with E-state index in [2.05, 4.69) is 4.99 Å². The lowest BCUT2D eigenvalue weighted by Gasteiger charge is -2.29. The molecule has 19 heavy (non-hydrogen) atoms. The van der Waals surface area contributed by atoms with Crippen molar-refractivity contribution in [3.63, 3.8) is 0 Å². The molecule has 1 atom stereocenters. The molecule has 0 spiro atoms. The van der Waals surface area contributed by atoms with Crippen molar-refractivity contribution in [2.75, 3.05) is 19.6 Å². The lowest BCUT2D eigenvalue weighted by atomic mass is 9.87. The molecule has 1 aliphatic heterocycles. The number of isocyanates is 1. The second kappa shape index (κ2) is 5.71. The second-order valence-corrected chi connectivity index (χ2v) is 8.05. The van der Waals surface area contributed by atoms with Crippen LogP contribution in [0.3, 0.4) is 0 Å². The molecule has 1 fully saturated rings. The lowest BCUT2D eigenvalue weighted by Crippen LogP contribution is -2.42. The van der Waals surface area contributed by atoms with Gasteiger partial charge in [-0.3, -0.25) is 0 Å². The van der Waals surface area contributed by atoms with Crippen molar-refractivity contribution in [2.45, 2.75) is 46.7 Å². The van der Waals surface area contributed by atoms with Crippen molar-refractivity contribution >= 4 is 16.3 Å². The topological polar surface area (TPSA) is 70.0 Å². The molecule has 0 N–H and O–H groups in total. The van der Waals surface area contributed by atoms with Crippen LogP contribution in [-0.2, 0) is 15.0 Å². The van der Waals surface area contributed by atoms with Crippen LogP contribution in [0.1, 0.15) is 34.6 Å². The minimum atomic E-state index is -3.42. The molecule has 7 heteroatoms. The Morgan fingerprint density at radius 1 is 1.26 bits per heavy atom. The van der Waals surface area contributed by atoms with Gasteiger partial charge in [0.2, 0.25) is 6.08 Å². The van der Waals surface area contributed by atoms with Crippen molar-refractivity contribution in [1.82, 2.24) is 8.61 Å². The third-order valence-electron chi connectivity index (χ3n) is 3.35. The highest BCUT2D eigenvalue weighted by molar-refractivity contribution is 7.87. The molecule has 0 aromatic carbocycles. The van der Waals surface area contributed by atoms with Crippen LogP contribution in [0.15, 0.2) is 4.99 Å². The molecule has 110 valence electrons. The van der Waals surface area contributed by atoms with E-state index < -0.39 is 10.2 Å². The number of rotatable bonds is 4. The molecule has 1 saturated heterocycles. The maximum atomic E-state index is 12.3. The van der Waals surface area contributed by atoms with Crippen LogP contribution in [0.25, 0.3) is 0 Å². The zero-order valence-electron chi connectivity index (χ0n) is 12.3. The highest BCUT2D eigenvalue weighted by Gasteiger charge is 2.40. The predicted molar refractivity (Wildman–Crippen MR) is 73.7 cm³/mol. The van der Waals surface area contributed by atoms with Gasteiger partial charge in [0.05, 0.1) is 6.04 Å². The smallest absolute Gasteiger partial charge is 0.211 e. The zero-order valence-corrected chi connectivity index (χ0v) is 13.1. The third kappa shape index (κ3) is 3.63. The number of nitrogens with zero attached hydrogens (tertiary/aromatic N) is 3. The van der Waals surface area contributed by atoms with Gasteiger partial charge in [0.1, 0.15) is 0 Å². The first-order valence-electron chi connectivity index (χ1n) is 6.44. The van der Waals surface area contributed by atoms with Gasteiger partial charge in [-0.1, -0.05) is 20.8 Å². The average molecular weight is 289 g/mol. The fourth-order valence-electron chi connectivity index (χ4n) is 2.06. The summed E-state index contributed by atoms with van der Waals surface area (Å²) in [5.74, 6) is 0. The summed E-state index contributed by atoms with van der Waals surface area (Å²) >= 11 is 0. The number of hydrogen-bond acceptors (Lipinski definition) is 4. The van der Waals surface area contributed by atoms with Crippen molar-refractivity contribution in [1.29, 1.82) is 0 Å². The Hall–Kier alpha value is -0.750. The molecule has 6 nitrogen and oxygen atoms in total. The van der Waals surface area contributed by atoms with Crippen LogP contribution in [0.2, 0.25) is 0 Å². The molecule has 0 unspecified atom stereocenters. The molecule has 0 bridgehead atoms. The van der Waals surface area contributed by atoms with E-state index in [1.54, 1.807) is 6.08 Å². The van der Waals surface area contributed by atoms with Gasteiger partial charge in [0.25, 0.3) is 10.2 Å². The molecule has 1 aliphatic rings. The first-order valence-corrected chi connectivity index (χ1v) is 7.84. The zero-order chi connectivity index (χ0) is 14.8. The SMILES string of the molecule is CC(C)N1CCN(C[C@@H](N=C=O)C(C)(C)C)S1(=O)=O. The summed E-state index contributed by atoms with van der Waals surface area (Å²) in [6, 6.07) is -0.440.